The van der Waals surface area contributed by atoms with E-state index in [1.165, 1.54) is 17.7 Å². The Bertz CT molecular complexity index is 748. The number of hydrogen-bond donors (Lipinski definition) is 1. The number of aromatic nitrogens is 2. The van der Waals surface area contributed by atoms with Gasteiger partial charge in [-0.3, -0.25) is 4.79 Å². The predicted molar refractivity (Wildman–Crippen MR) is 94.9 cm³/mol. The number of fused-ring (bicyclic) bond motifs is 1. The Morgan fingerprint density at radius 1 is 1.29 bits per heavy atom. The number of anilines is 1. The van der Waals surface area contributed by atoms with Crippen LogP contribution in [-0.2, 0) is 4.74 Å². The first-order valence-electron chi connectivity index (χ1n) is 8.62. The van der Waals surface area contributed by atoms with Gasteiger partial charge in [0.15, 0.2) is 0 Å². The summed E-state index contributed by atoms with van der Waals surface area (Å²) in [4.78, 5) is 25.2. The normalized spacial score (nSPS) is 19.1. The molecule has 1 saturated carbocycles. The van der Waals surface area contributed by atoms with Crippen LogP contribution in [0.5, 0.6) is 0 Å². The number of rotatable bonds is 3. The van der Waals surface area contributed by atoms with Gasteiger partial charge >= 0.3 is 0 Å². The molecule has 0 bridgehead atoms. The van der Waals surface area contributed by atoms with Gasteiger partial charge in [0, 0.05) is 29.4 Å². The Hall–Kier alpha value is -1.73. The summed E-state index contributed by atoms with van der Waals surface area (Å²) >= 11 is 1.66. The maximum Gasteiger partial charge on any atom is 0.289 e. The van der Waals surface area contributed by atoms with Crippen LogP contribution in [-0.4, -0.2) is 48.2 Å². The largest absolute Gasteiger partial charge is 0.378 e. The van der Waals surface area contributed by atoms with Crippen molar-refractivity contribution in [1.82, 2.24) is 15.3 Å². The highest BCUT2D eigenvalue weighted by molar-refractivity contribution is 7.11. The molecular formula is C17H22N4O2S. The van der Waals surface area contributed by atoms with E-state index in [-0.39, 0.29) is 17.8 Å². The van der Waals surface area contributed by atoms with E-state index >= 15 is 0 Å². The van der Waals surface area contributed by atoms with Crippen molar-refractivity contribution < 1.29 is 9.53 Å². The Kier molecular flexibility index (Phi) is 4.37. The maximum atomic E-state index is 12.6. The summed E-state index contributed by atoms with van der Waals surface area (Å²) in [7, 11) is 0. The average Bonchev–Trinajstić information content (AvgIpc) is 3.25. The second-order valence-electron chi connectivity index (χ2n) is 6.48. The lowest BCUT2D eigenvalue weighted by Crippen LogP contribution is -2.38. The van der Waals surface area contributed by atoms with E-state index in [2.05, 4.69) is 27.1 Å². The summed E-state index contributed by atoms with van der Waals surface area (Å²) in [5.74, 6) is 1.01. The van der Waals surface area contributed by atoms with E-state index in [1.54, 1.807) is 11.3 Å². The molecule has 1 aliphatic carbocycles. The molecule has 4 rings (SSSR count). The third-order valence-electron chi connectivity index (χ3n) is 4.82. The van der Waals surface area contributed by atoms with Gasteiger partial charge in [-0.2, -0.15) is 0 Å². The summed E-state index contributed by atoms with van der Waals surface area (Å²) < 4.78 is 5.45. The van der Waals surface area contributed by atoms with Gasteiger partial charge in [-0.15, -0.1) is 11.3 Å². The Morgan fingerprint density at radius 2 is 2.04 bits per heavy atom. The zero-order valence-corrected chi connectivity index (χ0v) is 14.7. The van der Waals surface area contributed by atoms with Gasteiger partial charge in [-0.1, -0.05) is 12.8 Å². The number of ether oxygens (including phenoxy) is 1. The molecule has 0 spiro atoms. The number of thiophene rings is 1. The number of morpholine rings is 1. The summed E-state index contributed by atoms with van der Waals surface area (Å²) in [5, 5.41) is 6.18. The second kappa shape index (κ2) is 6.64. The average molecular weight is 346 g/mol. The van der Waals surface area contributed by atoms with E-state index in [9.17, 15) is 4.79 Å². The summed E-state index contributed by atoms with van der Waals surface area (Å²) in [5.41, 5.74) is 0.866. The lowest BCUT2D eigenvalue weighted by atomic mass is 10.2. The molecule has 0 aromatic carbocycles. The zero-order valence-electron chi connectivity index (χ0n) is 13.9. The monoisotopic (exact) mass is 346 g/mol. The zero-order chi connectivity index (χ0) is 16.5. The smallest absolute Gasteiger partial charge is 0.289 e. The molecule has 128 valence electrons. The molecule has 1 aliphatic heterocycles. The van der Waals surface area contributed by atoms with Crippen LogP contribution in [0, 0.1) is 6.92 Å². The predicted octanol–water partition coefficient (Wildman–Crippen LogP) is 2.51. The van der Waals surface area contributed by atoms with Crippen molar-refractivity contribution in [3.63, 3.8) is 0 Å². The molecule has 24 heavy (non-hydrogen) atoms. The van der Waals surface area contributed by atoms with E-state index in [4.69, 9.17) is 4.74 Å². The highest BCUT2D eigenvalue weighted by atomic mass is 32.1. The molecule has 2 aromatic heterocycles. The molecule has 1 saturated heterocycles. The van der Waals surface area contributed by atoms with Crippen LogP contribution < -0.4 is 10.2 Å². The van der Waals surface area contributed by atoms with E-state index in [1.807, 2.05) is 5.38 Å². The number of carbonyl (C=O) groups excluding carboxylic acids is 1. The summed E-state index contributed by atoms with van der Waals surface area (Å²) in [6.07, 6.45) is 4.49. The number of amides is 1. The fourth-order valence-corrected chi connectivity index (χ4v) is 4.29. The molecule has 0 unspecified atom stereocenters. The maximum absolute atomic E-state index is 12.6. The van der Waals surface area contributed by atoms with Gasteiger partial charge in [-0.05, 0) is 19.8 Å². The van der Waals surface area contributed by atoms with Gasteiger partial charge in [-0.25, -0.2) is 9.97 Å². The topological polar surface area (TPSA) is 67.4 Å². The van der Waals surface area contributed by atoms with Crippen LogP contribution in [0.4, 0.5) is 5.82 Å². The van der Waals surface area contributed by atoms with Gasteiger partial charge in [0.1, 0.15) is 5.82 Å². The number of aryl methyl sites for hydroxylation is 1. The van der Waals surface area contributed by atoms with Gasteiger partial charge in [0.25, 0.3) is 5.91 Å². The molecular weight excluding hydrogens is 324 g/mol. The molecule has 2 aliphatic rings. The molecule has 3 heterocycles. The standard InChI is InChI=1S/C17H22N4O2S/c1-11-14-13(10-24-11)19-15(17(22)18-12-4-2-3-5-12)20-16(14)21-6-8-23-9-7-21/h10,12H,2-9H2,1H3,(H,18,22). The second-order valence-corrected chi connectivity index (χ2v) is 7.56. The van der Waals surface area contributed by atoms with Crippen molar-refractivity contribution in [2.45, 2.75) is 38.6 Å². The minimum Gasteiger partial charge on any atom is -0.378 e. The Labute approximate surface area is 145 Å². The summed E-state index contributed by atoms with van der Waals surface area (Å²) in [6, 6.07) is 0.271. The number of hydrogen-bond acceptors (Lipinski definition) is 6. The minimum absolute atomic E-state index is 0.151. The van der Waals surface area contributed by atoms with Crippen molar-refractivity contribution in [2.75, 3.05) is 31.2 Å². The van der Waals surface area contributed by atoms with Crippen molar-refractivity contribution >= 4 is 34.0 Å². The van der Waals surface area contributed by atoms with Gasteiger partial charge in [0.05, 0.1) is 24.1 Å². The SMILES string of the molecule is Cc1scc2nc(C(=O)NC3CCCC3)nc(N3CCOCC3)c12. The van der Waals surface area contributed by atoms with Crippen LogP contribution in [0.25, 0.3) is 10.9 Å². The Morgan fingerprint density at radius 3 is 2.79 bits per heavy atom. The highest BCUT2D eigenvalue weighted by Crippen LogP contribution is 2.32. The van der Waals surface area contributed by atoms with E-state index < -0.39 is 0 Å². The van der Waals surface area contributed by atoms with Crippen molar-refractivity contribution in [3.05, 3.63) is 16.1 Å². The van der Waals surface area contributed by atoms with Crippen molar-refractivity contribution in [3.8, 4) is 0 Å². The van der Waals surface area contributed by atoms with E-state index in [0.717, 1.165) is 42.7 Å². The molecule has 2 aromatic rings. The third kappa shape index (κ3) is 2.98. The first kappa shape index (κ1) is 15.8. The molecule has 0 atom stereocenters. The van der Waals surface area contributed by atoms with E-state index in [0.29, 0.717) is 13.2 Å². The van der Waals surface area contributed by atoms with Crippen LogP contribution >= 0.6 is 11.3 Å². The molecule has 1 amide bonds. The van der Waals surface area contributed by atoms with Crippen molar-refractivity contribution in [1.29, 1.82) is 0 Å². The number of nitrogens with one attached hydrogen (secondary N) is 1. The fraction of sp³-hybridized carbons (Fsp3) is 0.588. The van der Waals surface area contributed by atoms with Crippen LogP contribution in [0.3, 0.4) is 0 Å². The van der Waals surface area contributed by atoms with Crippen LogP contribution in [0.1, 0.15) is 41.2 Å². The highest BCUT2D eigenvalue weighted by Gasteiger charge is 2.24. The minimum atomic E-state index is -0.151. The number of nitrogens with zero attached hydrogens (tertiary/aromatic N) is 3. The number of carbonyl (C=O) groups is 1. The molecule has 1 N–H and O–H groups in total. The molecule has 0 radical (unpaired) electrons. The van der Waals surface area contributed by atoms with Crippen LogP contribution in [0.2, 0.25) is 0 Å². The van der Waals surface area contributed by atoms with Crippen molar-refractivity contribution in [2.24, 2.45) is 0 Å². The fourth-order valence-electron chi connectivity index (χ4n) is 3.52. The molecule has 2 fully saturated rings. The van der Waals surface area contributed by atoms with Gasteiger partial charge in [0.2, 0.25) is 5.82 Å². The summed E-state index contributed by atoms with van der Waals surface area (Å²) in [6.45, 7) is 5.06. The molecule has 7 heteroatoms. The van der Waals surface area contributed by atoms with Gasteiger partial charge < -0.3 is 15.0 Å². The lowest BCUT2D eigenvalue weighted by Gasteiger charge is -2.28. The lowest BCUT2D eigenvalue weighted by molar-refractivity contribution is 0.0927. The Balaban J connectivity index is 1.69. The first-order chi connectivity index (χ1) is 11.7. The quantitative estimate of drug-likeness (QED) is 0.925. The third-order valence-corrected chi connectivity index (χ3v) is 5.72. The molecule has 6 nitrogen and oxygen atoms in total. The van der Waals surface area contributed by atoms with Crippen LogP contribution in [0.15, 0.2) is 5.38 Å². The first-order valence-corrected chi connectivity index (χ1v) is 9.50.